The van der Waals surface area contributed by atoms with Gasteiger partial charge in [-0.3, -0.25) is 14.9 Å². The molecule has 0 aliphatic rings. The summed E-state index contributed by atoms with van der Waals surface area (Å²) < 4.78 is 0.479. The van der Waals surface area contributed by atoms with E-state index < -0.39 is 22.3 Å². The predicted molar refractivity (Wildman–Crippen MR) is 81.3 cm³/mol. The molecule has 0 fully saturated rings. The number of nitrogens with zero attached hydrogens (tertiary/aromatic N) is 1. The van der Waals surface area contributed by atoms with Crippen molar-refractivity contribution in [3.8, 4) is 5.75 Å². The quantitative estimate of drug-likeness (QED) is 0.340. The van der Waals surface area contributed by atoms with Crippen LogP contribution in [0.2, 0.25) is 0 Å². The summed E-state index contributed by atoms with van der Waals surface area (Å²) >= 11 is 3.20. The summed E-state index contributed by atoms with van der Waals surface area (Å²) in [4.78, 5) is 22.4. The number of para-hydroxylation sites is 1. The second-order valence-corrected chi connectivity index (χ2v) is 4.98. The monoisotopic (exact) mass is 351 g/mol. The van der Waals surface area contributed by atoms with Crippen LogP contribution >= 0.6 is 15.9 Å². The first kappa shape index (κ1) is 14.8. The van der Waals surface area contributed by atoms with E-state index in [9.17, 15) is 20.0 Å². The van der Waals surface area contributed by atoms with Crippen LogP contribution in [0, 0.1) is 10.1 Å². The lowest BCUT2D eigenvalue weighted by Crippen LogP contribution is -2.14. The van der Waals surface area contributed by atoms with Gasteiger partial charge in [0, 0.05) is 16.2 Å². The largest absolute Gasteiger partial charge is 0.505 e. The van der Waals surface area contributed by atoms with Crippen molar-refractivity contribution in [2.24, 2.45) is 0 Å². The average Bonchev–Trinajstić information content (AvgIpc) is 2.43. The average molecular weight is 352 g/mol. The summed E-state index contributed by atoms with van der Waals surface area (Å²) in [5, 5.41) is 23.0. The molecule has 4 N–H and O–H groups in total. The number of anilines is 2. The first-order valence-corrected chi connectivity index (χ1v) is 6.52. The minimum Gasteiger partial charge on any atom is -0.505 e. The van der Waals surface area contributed by atoms with E-state index in [0.29, 0.717) is 10.2 Å². The Kier molecular flexibility index (Phi) is 4.08. The molecule has 108 valence electrons. The molecule has 21 heavy (non-hydrogen) atoms. The number of phenolic OH excluding ortho intramolecular Hbond substituents is 1. The number of aromatic hydroxyl groups is 1. The summed E-state index contributed by atoms with van der Waals surface area (Å²) in [5.74, 6) is -1.02. The molecule has 2 rings (SSSR count). The number of rotatable bonds is 3. The highest BCUT2D eigenvalue weighted by molar-refractivity contribution is 9.10. The van der Waals surface area contributed by atoms with Crippen molar-refractivity contribution < 1.29 is 14.8 Å². The Balaban J connectivity index is 2.41. The Labute approximate surface area is 127 Å². The number of hydrogen-bond donors (Lipinski definition) is 3. The maximum absolute atomic E-state index is 12.2. The zero-order valence-corrected chi connectivity index (χ0v) is 12.1. The molecular formula is C13H10BrN3O4. The zero-order chi connectivity index (χ0) is 15.6. The number of nitrogens with two attached hydrogens (primary N) is 1. The number of nitrogens with one attached hydrogen (secondary N) is 1. The van der Waals surface area contributed by atoms with E-state index in [4.69, 9.17) is 5.73 Å². The molecule has 1 amide bonds. The number of benzene rings is 2. The molecule has 8 heteroatoms. The molecule has 0 saturated carbocycles. The Bertz CT molecular complexity index is 733. The number of nitrogen functional groups attached to an aromatic ring is 1. The predicted octanol–water partition coefficient (Wildman–Crippen LogP) is 2.90. The minimum absolute atomic E-state index is 0.201. The molecule has 0 spiro atoms. The molecule has 0 heterocycles. The van der Waals surface area contributed by atoms with Gasteiger partial charge in [0.2, 0.25) is 0 Å². The van der Waals surface area contributed by atoms with Gasteiger partial charge in [-0.05, 0) is 40.2 Å². The van der Waals surface area contributed by atoms with E-state index in [0.717, 1.165) is 0 Å². The number of halogens is 1. The van der Waals surface area contributed by atoms with Gasteiger partial charge < -0.3 is 16.2 Å². The van der Waals surface area contributed by atoms with Crippen LogP contribution in [0.1, 0.15) is 10.4 Å². The van der Waals surface area contributed by atoms with Crippen LogP contribution in [-0.2, 0) is 0 Å². The number of nitro benzene ring substituents is 1. The molecule has 0 unspecified atom stereocenters. The van der Waals surface area contributed by atoms with Crippen LogP contribution in [0.3, 0.4) is 0 Å². The fourth-order valence-corrected chi connectivity index (χ4v) is 2.13. The van der Waals surface area contributed by atoms with Gasteiger partial charge in [-0.1, -0.05) is 6.07 Å². The molecule has 0 bridgehead atoms. The summed E-state index contributed by atoms with van der Waals surface area (Å²) in [6.07, 6.45) is 0. The second-order valence-electron chi connectivity index (χ2n) is 4.12. The third kappa shape index (κ3) is 3.11. The van der Waals surface area contributed by atoms with Crippen LogP contribution in [0.4, 0.5) is 17.1 Å². The Morgan fingerprint density at radius 3 is 2.71 bits per heavy atom. The standard InChI is InChI=1S/C13H10BrN3O4/c14-9-5-4-7(15)6-8(9)13(19)16-12-10(17(20)21)2-1-3-11(12)18/h1-6,18H,15H2,(H,16,19). The van der Waals surface area contributed by atoms with Crippen LogP contribution in [-0.4, -0.2) is 15.9 Å². The Morgan fingerprint density at radius 2 is 2.05 bits per heavy atom. The normalized spacial score (nSPS) is 10.1. The van der Waals surface area contributed by atoms with Crippen molar-refractivity contribution in [2.45, 2.75) is 0 Å². The molecule has 7 nitrogen and oxygen atoms in total. The van der Waals surface area contributed by atoms with Gasteiger partial charge in [0.1, 0.15) is 5.75 Å². The number of hydrogen-bond acceptors (Lipinski definition) is 5. The third-order valence-corrected chi connectivity index (χ3v) is 3.38. The lowest BCUT2D eigenvalue weighted by atomic mass is 10.1. The van der Waals surface area contributed by atoms with Gasteiger partial charge in [-0.25, -0.2) is 0 Å². The summed E-state index contributed by atoms with van der Waals surface area (Å²) in [6.45, 7) is 0. The van der Waals surface area contributed by atoms with E-state index in [1.807, 2.05) is 0 Å². The SMILES string of the molecule is Nc1ccc(Br)c(C(=O)Nc2c(O)cccc2[N+](=O)[O-])c1. The first-order chi connectivity index (χ1) is 9.90. The summed E-state index contributed by atoms with van der Waals surface area (Å²) in [6, 6.07) is 8.36. The van der Waals surface area contributed by atoms with Crippen molar-refractivity contribution in [3.05, 3.63) is 56.5 Å². The van der Waals surface area contributed by atoms with Crippen LogP contribution < -0.4 is 11.1 Å². The Hall–Kier alpha value is -2.61. The van der Waals surface area contributed by atoms with Gasteiger partial charge >= 0.3 is 0 Å². The van der Waals surface area contributed by atoms with Crippen molar-refractivity contribution in [1.82, 2.24) is 0 Å². The van der Waals surface area contributed by atoms with Gasteiger partial charge in [-0.2, -0.15) is 0 Å². The third-order valence-electron chi connectivity index (χ3n) is 2.69. The number of carbonyl (C=O) groups excluding carboxylic acids is 1. The molecule has 0 aliphatic carbocycles. The Morgan fingerprint density at radius 1 is 1.33 bits per heavy atom. The van der Waals surface area contributed by atoms with Gasteiger partial charge in [0.15, 0.2) is 5.69 Å². The van der Waals surface area contributed by atoms with E-state index in [1.165, 1.54) is 24.3 Å². The van der Waals surface area contributed by atoms with E-state index in [1.54, 1.807) is 12.1 Å². The smallest absolute Gasteiger partial charge is 0.296 e. The molecule has 0 atom stereocenters. The number of amides is 1. The lowest BCUT2D eigenvalue weighted by molar-refractivity contribution is -0.384. The van der Waals surface area contributed by atoms with Crippen LogP contribution in [0.25, 0.3) is 0 Å². The number of nitro groups is 1. The van der Waals surface area contributed by atoms with Gasteiger partial charge in [0.25, 0.3) is 11.6 Å². The molecule has 0 aliphatic heterocycles. The topological polar surface area (TPSA) is 118 Å². The van der Waals surface area contributed by atoms with Crippen molar-refractivity contribution in [1.29, 1.82) is 0 Å². The van der Waals surface area contributed by atoms with Crippen LogP contribution in [0.15, 0.2) is 40.9 Å². The lowest BCUT2D eigenvalue weighted by Gasteiger charge is -2.09. The minimum atomic E-state index is -0.691. The van der Waals surface area contributed by atoms with Crippen molar-refractivity contribution >= 4 is 38.9 Å². The highest BCUT2D eigenvalue weighted by atomic mass is 79.9. The number of phenols is 1. The van der Waals surface area contributed by atoms with E-state index >= 15 is 0 Å². The maximum atomic E-state index is 12.2. The van der Waals surface area contributed by atoms with E-state index in [-0.39, 0.29) is 11.3 Å². The highest BCUT2D eigenvalue weighted by Gasteiger charge is 2.21. The number of carbonyl (C=O) groups is 1. The first-order valence-electron chi connectivity index (χ1n) is 5.73. The molecule has 0 saturated heterocycles. The maximum Gasteiger partial charge on any atom is 0.296 e. The molecule has 2 aromatic rings. The van der Waals surface area contributed by atoms with Crippen LogP contribution in [0.5, 0.6) is 5.75 Å². The highest BCUT2D eigenvalue weighted by Crippen LogP contribution is 2.34. The summed E-state index contributed by atoms with van der Waals surface area (Å²) in [5.41, 5.74) is 5.52. The van der Waals surface area contributed by atoms with E-state index in [2.05, 4.69) is 21.2 Å². The fourth-order valence-electron chi connectivity index (χ4n) is 1.71. The van der Waals surface area contributed by atoms with Crippen molar-refractivity contribution in [2.75, 3.05) is 11.1 Å². The van der Waals surface area contributed by atoms with Crippen molar-refractivity contribution in [3.63, 3.8) is 0 Å². The molecular weight excluding hydrogens is 342 g/mol. The summed E-state index contributed by atoms with van der Waals surface area (Å²) in [7, 11) is 0. The molecule has 0 radical (unpaired) electrons. The van der Waals surface area contributed by atoms with Gasteiger partial charge in [-0.15, -0.1) is 0 Å². The molecule has 0 aromatic heterocycles. The fraction of sp³-hybridized carbons (Fsp3) is 0. The van der Waals surface area contributed by atoms with Gasteiger partial charge in [0.05, 0.1) is 10.5 Å². The zero-order valence-electron chi connectivity index (χ0n) is 10.5. The molecule has 2 aromatic carbocycles. The second kappa shape index (κ2) is 5.80.